The van der Waals surface area contributed by atoms with Crippen molar-refractivity contribution in [2.75, 3.05) is 20.2 Å². The summed E-state index contributed by atoms with van der Waals surface area (Å²) < 4.78 is 5.08. The van der Waals surface area contributed by atoms with Gasteiger partial charge in [-0.05, 0) is 36.2 Å². The van der Waals surface area contributed by atoms with Crippen LogP contribution in [0.3, 0.4) is 0 Å². The third kappa shape index (κ3) is 6.63. The second-order valence-electron chi connectivity index (χ2n) is 5.79. The van der Waals surface area contributed by atoms with Gasteiger partial charge in [-0.25, -0.2) is 4.79 Å². The maximum Gasteiger partial charge on any atom is 0.341 e. The second kappa shape index (κ2) is 10.2. The highest BCUT2D eigenvalue weighted by atomic mass is 35.5. The number of nitrogens with one attached hydrogen (secondary N) is 1. The summed E-state index contributed by atoms with van der Waals surface area (Å²) in [4.78, 5) is 24.5. The van der Waals surface area contributed by atoms with Crippen molar-refractivity contribution in [2.45, 2.75) is 6.42 Å². The molecule has 0 aromatic heterocycles. The monoisotopic (exact) mass is 391 g/mol. The zero-order valence-corrected chi connectivity index (χ0v) is 15.7. The highest BCUT2D eigenvalue weighted by Crippen LogP contribution is 2.13. The first kappa shape index (κ1) is 22.0. The molecule has 8 heteroatoms. The number of amides is 1. The van der Waals surface area contributed by atoms with Gasteiger partial charge in [-0.1, -0.05) is 24.3 Å². The van der Waals surface area contributed by atoms with Crippen molar-refractivity contribution in [1.29, 1.82) is 5.41 Å². The zero-order valence-electron chi connectivity index (χ0n) is 14.8. The van der Waals surface area contributed by atoms with Crippen LogP contribution in [0.4, 0.5) is 0 Å². The Morgan fingerprint density at radius 3 is 2.15 bits per heavy atom. The predicted molar refractivity (Wildman–Crippen MR) is 105 cm³/mol. The SMILES string of the molecule is CN(CCc1ccc(OCC(=O)O)cc1)C(=O)c1ccc(C(=N)N)cc1.Cl. The lowest BCUT2D eigenvalue weighted by Crippen LogP contribution is -2.28. The summed E-state index contributed by atoms with van der Waals surface area (Å²) in [5, 5.41) is 15.9. The minimum Gasteiger partial charge on any atom is -0.482 e. The number of nitrogens with two attached hydrogens (primary N) is 1. The molecule has 0 heterocycles. The molecule has 0 radical (unpaired) electrons. The molecule has 1 amide bonds. The van der Waals surface area contributed by atoms with Gasteiger partial charge < -0.3 is 20.5 Å². The van der Waals surface area contributed by atoms with E-state index in [2.05, 4.69) is 0 Å². The molecule has 0 aliphatic carbocycles. The van der Waals surface area contributed by atoms with Crippen LogP contribution in [0.15, 0.2) is 48.5 Å². The Kier molecular flexibility index (Phi) is 8.29. The number of nitrogens with zero attached hydrogens (tertiary/aromatic N) is 1. The molecule has 7 nitrogen and oxygen atoms in total. The van der Waals surface area contributed by atoms with Crippen molar-refractivity contribution in [3.63, 3.8) is 0 Å². The third-order valence-corrected chi connectivity index (χ3v) is 3.81. The number of benzene rings is 2. The number of rotatable bonds is 8. The largest absolute Gasteiger partial charge is 0.482 e. The number of carbonyl (C=O) groups is 2. The Morgan fingerprint density at radius 2 is 1.63 bits per heavy atom. The molecule has 0 fully saturated rings. The van der Waals surface area contributed by atoms with Crippen LogP contribution in [0.1, 0.15) is 21.5 Å². The molecule has 2 aromatic rings. The smallest absolute Gasteiger partial charge is 0.341 e. The molecule has 0 saturated heterocycles. The summed E-state index contributed by atoms with van der Waals surface area (Å²) in [6.45, 7) is 0.154. The van der Waals surface area contributed by atoms with Crippen LogP contribution in [-0.2, 0) is 11.2 Å². The molecule has 0 bridgehead atoms. The summed E-state index contributed by atoms with van der Waals surface area (Å²) in [7, 11) is 1.73. The number of ether oxygens (including phenoxy) is 1. The van der Waals surface area contributed by atoms with Gasteiger partial charge in [0, 0.05) is 24.7 Å². The Bertz CT molecular complexity index is 792. The first-order chi connectivity index (χ1) is 12.4. The number of likely N-dealkylation sites (N-methyl/N-ethyl adjacent to an activating group) is 1. The second-order valence-corrected chi connectivity index (χ2v) is 5.79. The summed E-state index contributed by atoms with van der Waals surface area (Å²) in [6, 6.07) is 13.7. The van der Waals surface area contributed by atoms with Crippen molar-refractivity contribution in [3.05, 3.63) is 65.2 Å². The maximum atomic E-state index is 12.4. The number of nitrogen functional groups attached to an aromatic ring is 1. The number of carboxylic acids is 1. The van der Waals surface area contributed by atoms with Gasteiger partial charge >= 0.3 is 5.97 Å². The summed E-state index contributed by atoms with van der Waals surface area (Å²) >= 11 is 0. The van der Waals surface area contributed by atoms with Gasteiger partial charge in [0.2, 0.25) is 0 Å². The standard InChI is InChI=1S/C19H21N3O4.ClH/c1-22(19(25)15-6-4-14(5-7-15)18(20)21)11-10-13-2-8-16(9-3-13)26-12-17(23)24;/h2-9H,10-12H2,1H3,(H3,20,21)(H,23,24);1H. The van der Waals surface area contributed by atoms with Crippen LogP contribution in [0.5, 0.6) is 5.75 Å². The van der Waals surface area contributed by atoms with Crippen LogP contribution in [0.2, 0.25) is 0 Å². The van der Waals surface area contributed by atoms with Gasteiger partial charge in [0.25, 0.3) is 5.91 Å². The highest BCUT2D eigenvalue weighted by Gasteiger charge is 2.12. The van der Waals surface area contributed by atoms with Gasteiger partial charge in [0.05, 0.1) is 0 Å². The molecule has 2 aromatic carbocycles. The molecule has 2 rings (SSSR count). The molecule has 0 spiro atoms. The number of aliphatic carboxylic acids is 1. The fraction of sp³-hybridized carbons (Fsp3) is 0.211. The Morgan fingerprint density at radius 1 is 1.07 bits per heavy atom. The van der Waals surface area contributed by atoms with E-state index < -0.39 is 5.97 Å². The van der Waals surface area contributed by atoms with Crippen molar-refractivity contribution >= 4 is 30.1 Å². The van der Waals surface area contributed by atoms with Gasteiger partial charge in [0.15, 0.2) is 6.61 Å². The van der Waals surface area contributed by atoms with Crippen LogP contribution in [-0.4, -0.2) is 47.9 Å². The van der Waals surface area contributed by atoms with E-state index >= 15 is 0 Å². The molecule has 27 heavy (non-hydrogen) atoms. The maximum absolute atomic E-state index is 12.4. The molecule has 0 unspecified atom stereocenters. The third-order valence-electron chi connectivity index (χ3n) is 3.81. The molecule has 144 valence electrons. The quantitative estimate of drug-likeness (QED) is 0.471. The van der Waals surface area contributed by atoms with Gasteiger partial charge in [-0.15, -0.1) is 12.4 Å². The normalized spacial score (nSPS) is 9.81. The first-order valence-corrected chi connectivity index (χ1v) is 8.00. The number of halogens is 1. The average Bonchev–Trinajstić information content (AvgIpc) is 2.64. The number of carbonyl (C=O) groups excluding carboxylic acids is 1. The lowest BCUT2D eigenvalue weighted by Gasteiger charge is -2.17. The average molecular weight is 392 g/mol. The van der Waals surface area contributed by atoms with E-state index in [0.29, 0.717) is 29.8 Å². The van der Waals surface area contributed by atoms with E-state index in [9.17, 15) is 9.59 Å². The van der Waals surface area contributed by atoms with E-state index in [1.54, 1.807) is 48.3 Å². The van der Waals surface area contributed by atoms with Crippen LogP contribution in [0.25, 0.3) is 0 Å². The van der Waals surface area contributed by atoms with E-state index in [0.717, 1.165) is 5.56 Å². The van der Waals surface area contributed by atoms with Crippen molar-refractivity contribution in [2.24, 2.45) is 5.73 Å². The lowest BCUT2D eigenvalue weighted by atomic mass is 10.1. The molecule has 0 saturated carbocycles. The zero-order chi connectivity index (χ0) is 19.1. The fourth-order valence-corrected chi connectivity index (χ4v) is 2.31. The molecule has 0 aliphatic rings. The Hall–Kier alpha value is -3.06. The summed E-state index contributed by atoms with van der Waals surface area (Å²) in [5.74, 6) is -0.675. The number of amidine groups is 1. The lowest BCUT2D eigenvalue weighted by molar-refractivity contribution is -0.139. The molecular weight excluding hydrogens is 370 g/mol. The Labute approximate surface area is 163 Å². The minimum absolute atomic E-state index is 0. The summed E-state index contributed by atoms with van der Waals surface area (Å²) in [5.41, 5.74) is 7.53. The number of hydrogen-bond acceptors (Lipinski definition) is 4. The van der Waals surface area contributed by atoms with Crippen molar-refractivity contribution < 1.29 is 19.4 Å². The summed E-state index contributed by atoms with van der Waals surface area (Å²) in [6.07, 6.45) is 0.660. The van der Waals surface area contributed by atoms with Crippen molar-refractivity contribution in [1.82, 2.24) is 4.90 Å². The molecular formula is C19H22ClN3O4. The van der Waals surface area contributed by atoms with Crippen LogP contribution in [0, 0.1) is 5.41 Å². The fourth-order valence-electron chi connectivity index (χ4n) is 2.31. The van der Waals surface area contributed by atoms with Gasteiger partial charge in [-0.2, -0.15) is 0 Å². The number of carboxylic acid groups (broad SMARTS) is 1. The number of hydrogen-bond donors (Lipinski definition) is 3. The van der Waals surface area contributed by atoms with E-state index in [1.807, 2.05) is 12.1 Å². The van der Waals surface area contributed by atoms with Crippen LogP contribution >= 0.6 is 12.4 Å². The van der Waals surface area contributed by atoms with E-state index in [1.165, 1.54) is 0 Å². The van der Waals surface area contributed by atoms with Crippen LogP contribution < -0.4 is 10.5 Å². The van der Waals surface area contributed by atoms with E-state index in [-0.39, 0.29) is 30.8 Å². The van der Waals surface area contributed by atoms with Gasteiger partial charge in [0.1, 0.15) is 11.6 Å². The first-order valence-electron chi connectivity index (χ1n) is 8.00. The molecule has 4 N–H and O–H groups in total. The molecule has 0 aliphatic heterocycles. The topological polar surface area (TPSA) is 117 Å². The molecule has 0 atom stereocenters. The van der Waals surface area contributed by atoms with E-state index in [4.69, 9.17) is 21.0 Å². The predicted octanol–water partition coefficient (Wildman–Crippen LogP) is 2.17. The van der Waals surface area contributed by atoms with Gasteiger partial charge in [-0.3, -0.25) is 10.2 Å². The highest BCUT2D eigenvalue weighted by molar-refractivity contribution is 5.98. The van der Waals surface area contributed by atoms with Crippen molar-refractivity contribution in [3.8, 4) is 5.75 Å². The minimum atomic E-state index is -1.02. The Balaban J connectivity index is 0.00000364.